The maximum Gasteiger partial charge on any atom is 0.267 e. The SMILES string of the molecule is CCOc1cc(C(C)=O)c(Br)cc1C(F)F. The zero-order valence-electron chi connectivity index (χ0n) is 8.89. The highest BCUT2D eigenvalue weighted by Gasteiger charge is 2.18. The first-order valence-corrected chi connectivity index (χ1v) is 5.52. The number of rotatable bonds is 4. The first kappa shape index (κ1) is 13.1. The molecule has 16 heavy (non-hydrogen) atoms. The van der Waals surface area contributed by atoms with Gasteiger partial charge in [-0.2, -0.15) is 0 Å². The zero-order chi connectivity index (χ0) is 12.3. The molecule has 88 valence electrons. The van der Waals surface area contributed by atoms with E-state index in [-0.39, 0.29) is 23.7 Å². The van der Waals surface area contributed by atoms with Gasteiger partial charge in [-0.3, -0.25) is 4.79 Å². The second kappa shape index (κ2) is 5.39. The highest BCUT2D eigenvalue weighted by molar-refractivity contribution is 9.10. The predicted octanol–water partition coefficient (Wildman–Crippen LogP) is 3.99. The molecule has 0 radical (unpaired) electrons. The van der Waals surface area contributed by atoms with Crippen molar-refractivity contribution in [2.24, 2.45) is 0 Å². The van der Waals surface area contributed by atoms with Crippen LogP contribution < -0.4 is 4.74 Å². The molecule has 0 N–H and O–H groups in total. The Kier molecular flexibility index (Phi) is 4.41. The topological polar surface area (TPSA) is 26.3 Å². The summed E-state index contributed by atoms with van der Waals surface area (Å²) in [6.07, 6.45) is -2.63. The van der Waals surface area contributed by atoms with Gasteiger partial charge in [0.15, 0.2) is 5.78 Å². The molecule has 0 atom stereocenters. The van der Waals surface area contributed by atoms with Gasteiger partial charge in [0.25, 0.3) is 6.43 Å². The van der Waals surface area contributed by atoms with Gasteiger partial charge in [-0.15, -0.1) is 0 Å². The van der Waals surface area contributed by atoms with E-state index in [2.05, 4.69) is 15.9 Å². The standard InChI is InChI=1S/C11H11BrF2O2/c1-3-16-10-5-7(6(2)15)9(12)4-8(10)11(13)14/h4-5,11H,3H2,1-2H3. The maximum atomic E-state index is 12.7. The van der Waals surface area contributed by atoms with Crippen LogP contribution in [0.2, 0.25) is 0 Å². The van der Waals surface area contributed by atoms with Crippen LogP contribution in [-0.2, 0) is 0 Å². The van der Waals surface area contributed by atoms with Gasteiger partial charge < -0.3 is 4.74 Å². The molecule has 0 aliphatic rings. The van der Waals surface area contributed by atoms with Crippen molar-refractivity contribution in [3.8, 4) is 5.75 Å². The lowest BCUT2D eigenvalue weighted by atomic mass is 10.1. The molecule has 0 fully saturated rings. The van der Waals surface area contributed by atoms with E-state index >= 15 is 0 Å². The van der Waals surface area contributed by atoms with Crippen molar-refractivity contribution in [3.63, 3.8) is 0 Å². The summed E-state index contributed by atoms with van der Waals surface area (Å²) >= 11 is 3.09. The van der Waals surface area contributed by atoms with Gasteiger partial charge >= 0.3 is 0 Å². The lowest BCUT2D eigenvalue weighted by Crippen LogP contribution is -2.02. The van der Waals surface area contributed by atoms with Crippen molar-refractivity contribution >= 4 is 21.7 Å². The van der Waals surface area contributed by atoms with Crippen LogP contribution in [0.5, 0.6) is 5.75 Å². The normalized spacial score (nSPS) is 10.6. The smallest absolute Gasteiger partial charge is 0.267 e. The fraction of sp³-hybridized carbons (Fsp3) is 0.364. The summed E-state index contributed by atoms with van der Waals surface area (Å²) in [6.45, 7) is 3.35. The molecule has 0 aromatic heterocycles. The minimum absolute atomic E-state index is 0.0610. The minimum Gasteiger partial charge on any atom is -0.493 e. The van der Waals surface area contributed by atoms with Crippen LogP contribution in [-0.4, -0.2) is 12.4 Å². The molecule has 0 heterocycles. The van der Waals surface area contributed by atoms with E-state index < -0.39 is 6.43 Å². The fourth-order valence-corrected chi connectivity index (χ4v) is 1.93. The number of carbonyl (C=O) groups is 1. The van der Waals surface area contributed by atoms with Crippen LogP contribution in [0.4, 0.5) is 8.78 Å². The van der Waals surface area contributed by atoms with E-state index in [9.17, 15) is 13.6 Å². The highest BCUT2D eigenvalue weighted by atomic mass is 79.9. The summed E-state index contributed by atoms with van der Waals surface area (Å²) in [5.74, 6) is -0.139. The minimum atomic E-state index is -2.63. The number of halogens is 3. The summed E-state index contributed by atoms with van der Waals surface area (Å²) in [5, 5.41) is 0. The molecule has 5 heteroatoms. The van der Waals surface area contributed by atoms with Crippen molar-refractivity contribution in [1.82, 2.24) is 0 Å². The van der Waals surface area contributed by atoms with Crippen LogP contribution in [0.3, 0.4) is 0 Å². The summed E-state index contributed by atoms with van der Waals surface area (Å²) in [5.41, 5.74) is 0.131. The molecule has 0 amide bonds. The molecule has 0 unspecified atom stereocenters. The number of ether oxygens (including phenoxy) is 1. The molecule has 1 aromatic carbocycles. The average Bonchev–Trinajstić information content (AvgIpc) is 2.19. The molecule has 1 rings (SSSR count). The Morgan fingerprint density at radius 2 is 2.12 bits per heavy atom. The second-order valence-corrected chi connectivity index (χ2v) is 4.01. The number of ketones is 1. The van der Waals surface area contributed by atoms with Gasteiger partial charge in [-0.1, -0.05) is 15.9 Å². The number of carbonyl (C=O) groups excluding carboxylic acids is 1. The van der Waals surface area contributed by atoms with Gasteiger partial charge in [0.05, 0.1) is 12.2 Å². The van der Waals surface area contributed by atoms with Gasteiger partial charge in [0.2, 0.25) is 0 Å². The number of hydrogen-bond acceptors (Lipinski definition) is 2. The summed E-state index contributed by atoms with van der Waals surface area (Å²) in [7, 11) is 0. The van der Waals surface area contributed by atoms with Gasteiger partial charge in [-0.25, -0.2) is 8.78 Å². The van der Waals surface area contributed by atoms with Crippen LogP contribution >= 0.6 is 15.9 Å². The Labute approximate surface area is 101 Å². The Morgan fingerprint density at radius 3 is 2.56 bits per heavy atom. The van der Waals surface area contributed by atoms with E-state index in [1.54, 1.807) is 6.92 Å². The third-order valence-corrected chi connectivity index (χ3v) is 2.67. The molecule has 1 aromatic rings. The molecular weight excluding hydrogens is 282 g/mol. The quantitative estimate of drug-likeness (QED) is 0.785. The van der Waals surface area contributed by atoms with Crippen LogP contribution in [0.1, 0.15) is 36.2 Å². The van der Waals surface area contributed by atoms with Crippen LogP contribution in [0.25, 0.3) is 0 Å². The highest BCUT2D eigenvalue weighted by Crippen LogP contribution is 2.34. The fourth-order valence-electron chi connectivity index (χ4n) is 1.29. The first-order chi connectivity index (χ1) is 7.47. The summed E-state index contributed by atoms with van der Waals surface area (Å²) in [6, 6.07) is 2.57. The van der Waals surface area contributed by atoms with E-state index in [0.29, 0.717) is 10.0 Å². The van der Waals surface area contributed by atoms with Crippen molar-refractivity contribution in [2.75, 3.05) is 6.61 Å². The Bertz CT molecular complexity index is 405. The molecule has 0 saturated heterocycles. The van der Waals surface area contributed by atoms with Crippen molar-refractivity contribution in [3.05, 3.63) is 27.7 Å². The van der Waals surface area contributed by atoms with Gasteiger partial charge in [-0.05, 0) is 26.0 Å². The van der Waals surface area contributed by atoms with Crippen molar-refractivity contribution < 1.29 is 18.3 Å². The lowest BCUT2D eigenvalue weighted by Gasteiger charge is -2.12. The third-order valence-electron chi connectivity index (χ3n) is 2.01. The molecule has 0 aliphatic heterocycles. The third kappa shape index (κ3) is 2.78. The molecule has 0 saturated carbocycles. The largest absolute Gasteiger partial charge is 0.493 e. The first-order valence-electron chi connectivity index (χ1n) is 4.72. The van der Waals surface area contributed by atoms with Gasteiger partial charge in [0.1, 0.15) is 5.75 Å². The Hall–Kier alpha value is -0.970. The molecular formula is C11H11BrF2O2. The molecule has 0 bridgehead atoms. The maximum absolute atomic E-state index is 12.7. The summed E-state index contributed by atoms with van der Waals surface area (Å²) < 4.78 is 30.8. The second-order valence-electron chi connectivity index (χ2n) is 3.16. The van der Waals surface area contributed by atoms with Crippen molar-refractivity contribution in [1.29, 1.82) is 0 Å². The average molecular weight is 293 g/mol. The van der Waals surface area contributed by atoms with Crippen LogP contribution in [0, 0.1) is 0 Å². The number of Topliss-reactive ketones (excluding diaryl/α,β-unsaturated/α-hetero) is 1. The lowest BCUT2D eigenvalue weighted by molar-refractivity contribution is 0.101. The van der Waals surface area contributed by atoms with E-state index in [1.165, 1.54) is 19.1 Å². The van der Waals surface area contributed by atoms with E-state index in [0.717, 1.165) is 0 Å². The number of benzene rings is 1. The zero-order valence-corrected chi connectivity index (χ0v) is 10.5. The molecule has 0 aliphatic carbocycles. The molecule has 2 nitrogen and oxygen atoms in total. The summed E-state index contributed by atoms with van der Waals surface area (Å²) in [4.78, 5) is 11.2. The van der Waals surface area contributed by atoms with Crippen LogP contribution in [0.15, 0.2) is 16.6 Å². The van der Waals surface area contributed by atoms with E-state index in [1.807, 2.05) is 0 Å². The predicted molar refractivity (Wildman–Crippen MR) is 60.3 cm³/mol. The Balaban J connectivity index is 3.31. The monoisotopic (exact) mass is 292 g/mol. The van der Waals surface area contributed by atoms with Gasteiger partial charge in [0, 0.05) is 10.0 Å². The van der Waals surface area contributed by atoms with E-state index in [4.69, 9.17) is 4.74 Å². The Morgan fingerprint density at radius 1 is 1.50 bits per heavy atom. The molecule has 0 spiro atoms. The van der Waals surface area contributed by atoms with Crippen molar-refractivity contribution in [2.45, 2.75) is 20.3 Å². The number of alkyl halides is 2. The number of hydrogen-bond donors (Lipinski definition) is 0.